The first-order valence-electron chi connectivity index (χ1n) is 8.66. The van der Waals surface area contributed by atoms with Crippen LogP contribution in [-0.4, -0.2) is 26.3 Å². The van der Waals surface area contributed by atoms with Crippen molar-refractivity contribution in [2.24, 2.45) is 17.3 Å². The topological polar surface area (TPSA) is 46.9 Å². The van der Waals surface area contributed by atoms with Crippen molar-refractivity contribution in [3.05, 3.63) is 18.2 Å². The zero-order valence-corrected chi connectivity index (χ0v) is 15.1. The van der Waals surface area contributed by atoms with E-state index in [2.05, 4.69) is 26.2 Å². The van der Waals surface area contributed by atoms with E-state index < -0.39 is 6.55 Å². The number of imidazole rings is 1. The van der Waals surface area contributed by atoms with Gasteiger partial charge in [-0.25, -0.2) is 4.98 Å². The van der Waals surface area contributed by atoms with Crippen LogP contribution in [0.4, 0.5) is 8.78 Å². The highest BCUT2D eigenvalue weighted by molar-refractivity contribution is 9.10. The van der Waals surface area contributed by atoms with Gasteiger partial charge in [0.2, 0.25) is 5.91 Å². The van der Waals surface area contributed by atoms with Crippen molar-refractivity contribution < 1.29 is 13.6 Å². The van der Waals surface area contributed by atoms with Crippen molar-refractivity contribution in [3.8, 4) is 0 Å². The SMILES string of the molecule is O=C(NCCc1nccn1C(F)F)C12CC3CC(CC(Br)(C3)C1)C2. The summed E-state index contributed by atoms with van der Waals surface area (Å²) in [5.41, 5.74) is -0.258. The van der Waals surface area contributed by atoms with Gasteiger partial charge >= 0.3 is 6.55 Å². The molecule has 0 spiro atoms. The molecule has 0 aliphatic heterocycles. The summed E-state index contributed by atoms with van der Waals surface area (Å²) in [4.78, 5) is 16.8. The summed E-state index contributed by atoms with van der Waals surface area (Å²) in [5.74, 6) is 1.71. The minimum atomic E-state index is -2.59. The summed E-state index contributed by atoms with van der Waals surface area (Å²) in [6.45, 7) is -2.23. The van der Waals surface area contributed by atoms with Gasteiger partial charge in [-0.1, -0.05) is 15.9 Å². The van der Waals surface area contributed by atoms with E-state index in [9.17, 15) is 13.6 Å². The molecule has 2 atom stereocenters. The van der Waals surface area contributed by atoms with Crippen molar-refractivity contribution in [2.45, 2.75) is 55.8 Å². The number of carbonyl (C=O) groups excluding carboxylic acids is 1. The molecule has 4 nitrogen and oxygen atoms in total. The molecule has 1 aromatic rings. The summed E-state index contributed by atoms with van der Waals surface area (Å²) in [7, 11) is 0. The molecule has 1 amide bonds. The monoisotopic (exact) mass is 401 g/mol. The molecule has 1 heterocycles. The number of nitrogens with zero attached hydrogens (tertiary/aromatic N) is 2. The lowest BCUT2D eigenvalue weighted by molar-refractivity contribution is -0.144. The molecule has 4 aliphatic carbocycles. The lowest BCUT2D eigenvalue weighted by Gasteiger charge is -2.59. The number of halogens is 3. The number of carbonyl (C=O) groups is 1. The zero-order chi connectivity index (χ0) is 16.9. The number of nitrogens with one attached hydrogen (secondary N) is 1. The highest BCUT2D eigenvalue weighted by Gasteiger charge is 2.59. The van der Waals surface area contributed by atoms with Gasteiger partial charge in [-0.15, -0.1) is 0 Å². The van der Waals surface area contributed by atoms with E-state index in [-0.39, 0.29) is 15.6 Å². The maximum Gasteiger partial charge on any atom is 0.319 e. The van der Waals surface area contributed by atoms with Crippen molar-refractivity contribution in [2.75, 3.05) is 6.54 Å². The fourth-order valence-electron chi connectivity index (χ4n) is 5.61. The van der Waals surface area contributed by atoms with E-state index in [1.165, 1.54) is 31.7 Å². The van der Waals surface area contributed by atoms with Crippen LogP contribution in [-0.2, 0) is 11.2 Å². The smallest absolute Gasteiger partial charge is 0.319 e. The van der Waals surface area contributed by atoms with Crippen molar-refractivity contribution in [1.29, 1.82) is 0 Å². The third-order valence-corrected chi connectivity index (χ3v) is 6.99. The largest absolute Gasteiger partial charge is 0.355 e. The van der Waals surface area contributed by atoms with E-state index >= 15 is 0 Å². The van der Waals surface area contributed by atoms with E-state index in [1.807, 2.05) is 0 Å². The predicted octanol–water partition coefficient (Wildman–Crippen LogP) is 3.67. The van der Waals surface area contributed by atoms with E-state index in [0.717, 1.165) is 23.8 Å². The first kappa shape index (κ1) is 16.5. The number of hydrogen-bond acceptors (Lipinski definition) is 2. The van der Waals surface area contributed by atoms with E-state index in [1.54, 1.807) is 0 Å². The van der Waals surface area contributed by atoms with Gasteiger partial charge in [0.15, 0.2) is 0 Å². The second kappa shape index (κ2) is 5.78. The van der Waals surface area contributed by atoms with Gasteiger partial charge in [0.05, 0.1) is 5.41 Å². The van der Waals surface area contributed by atoms with Gasteiger partial charge in [0.25, 0.3) is 0 Å². The number of amides is 1. The highest BCUT2D eigenvalue weighted by atomic mass is 79.9. The molecule has 24 heavy (non-hydrogen) atoms. The Balaban J connectivity index is 1.39. The molecule has 0 aromatic carbocycles. The lowest BCUT2D eigenvalue weighted by atomic mass is 9.49. The van der Waals surface area contributed by atoms with Gasteiger partial charge in [-0.05, 0) is 50.4 Å². The molecule has 4 saturated carbocycles. The van der Waals surface area contributed by atoms with Gasteiger partial charge in [-0.2, -0.15) is 8.78 Å². The Kier molecular flexibility index (Phi) is 3.97. The van der Waals surface area contributed by atoms with Crippen molar-refractivity contribution in [3.63, 3.8) is 0 Å². The fraction of sp³-hybridized carbons (Fsp3) is 0.765. The van der Waals surface area contributed by atoms with Gasteiger partial charge < -0.3 is 5.32 Å². The van der Waals surface area contributed by atoms with Crippen LogP contribution in [0, 0.1) is 17.3 Å². The second-order valence-corrected chi connectivity index (χ2v) is 9.61. The van der Waals surface area contributed by atoms with Crippen LogP contribution in [0.1, 0.15) is 50.9 Å². The molecule has 0 saturated heterocycles. The molecular formula is C17H22BrF2N3O. The lowest BCUT2D eigenvalue weighted by Crippen LogP contribution is -2.58. The molecule has 132 valence electrons. The van der Waals surface area contributed by atoms with E-state index in [0.29, 0.717) is 30.6 Å². The second-order valence-electron chi connectivity index (χ2n) is 7.93. The Morgan fingerprint density at radius 3 is 2.71 bits per heavy atom. The first-order valence-corrected chi connectivity index (χ1v) is 9.46. The van der Waals surface area contributed by atoms with Crippen molar-refractivity contribution in [1.82, 2.24) is 14.9 Å². The molecule has 0 radical (unpaired) electrons. The van der Waals surface area contributed by atoms with Gasteiger partial charge in [0.1, 0.15) is 5.82 Å². The average molecular weight is 402 g/mol. The van der Waals surface area contributed by atoms with Gasteiger partial charge in [0, 0.05) is 29.7 Å². The Hall–Kier alpha value is -0.980. The minimum Gasteiger partial charge on any atom is -0.355 e. The number of rotatable bonds is 5. The fourth-order valence-corrected chi connectivity index (χ4v) is 7.06. The standard InChI is InChI=1S/C17H22BrF2N3O/c18-17-8-11-5-12(9-17)7-16(6-11,10-17)14(24)22-2-1-13-21-3-4-23(13)15(19)20/h3-4,11-12,15H,1-2,5-10H2,(H,22,24). The minimum absolute atomic E-state index is 0.107. The molecule has 7 heteroatoms. The Labute approximate surface area is 148 Å². The Morgan fingerprint density at radius 2 is 2.08 bits per heavy atom. The molecule has 4 bridgehead atoms. The zero-order valence-electron chi connectivity index (χ0n) is 13.5. The third kappa shape index (κ3) is 2.78. The molecular weight excluding hydrogens is 380 g/mol. The summed E-state index contributed by atoms with van der Waals surface area (Å²) in [5, 5.41) is 3.00. The predicted molar refractivity (Wildman–Crippen MR) is 89.0 cm³/mol. The molecule has 5 rings (SSSR count). The summed E-state index contributed by atoms with van der Waals surface area (Å²) in [6.07, 6.45) is 9.47. The van der Waals surface area contributed by atoms with E-state index in [4.69, 9.17) is 0 Å². The Bertz CT molecular complexity index is 634. The molecule has 1 aromatic heterocycles. The molecule has 4 fully saturated rings. The third-order valence-electron chi connectivity index (χ3n) is 6.06. The number of aromatic nitrogens is 2. The van der Waals surface area contributed by atoms with Crippen LogP contribution in [0.2, 0.25) is 0 Å². The van der Waals surface area contributed by atoms with Crippen molar-refractivity contribution >= 4 is 21.8 Å². The maximum atomic E-state index is 12.9. The van der Waals surface area contributed by atoms with Crippen LogP contribution in [0.5, 0.6) is 0 Å². The Morgan fingerprint density at radius 1 is 1.38 bits per heavy atom. The van der Waals surface area contributed by atoms with Gasteiger partial charge in [-0.3, -0.25) is 9.36 Å². The maximum absolute atomic E-state index is 12.9. The van der Waals surface area contributed by atoms with Crippen LogP contribution in [0.25, 0.3) is 0 Å². The average Bonchev–Trinajstić information content (AvgIpc) is 2.93. The number of hydrogen-bond donors (Lipinski definition) is 1. The summed E-state index contributed by atoms with van der Waals surface area (Å²) >= 11 is 3.91. The number of alkyl halides is 3. The van der Waals surface area contributed by atoms with Crippen LogP contribution in [0.3, 0.4) is 0 Å². The normalized spacial score (nSPS) is 37.2. The summed E-state index contributed by atoms with van der Waals surface area (Å²) < 4.78 is 26.6. The summed E-state index contributed by atoms with van der Waals surface area (Å²) in [6, 6.07) is 0. The van der Waals surface area contributed by atoms with Crippen LogP contribution < -0.4 is 5.32 Å². The highest BCUT2D eigenvalue weighted by Crippen LogP contribution is 2.64. The molecule has 4 aliphatic rings. The molecule has 2 unspecified atom stereocenters. The van der Waals surface area contributed by atoms with Crippen LogP contribution >= 0.6 is 15.9 Å². The van der Waals surface area contributed by atoms with Crippen LogP contribution in [0.15, 0.2) is 12.4 Å². The quantitative estimate of drug-likeness (QED) is 0.765. The molecule has 1 N–H and O–H groups in total. The first-order chi connectivity index (χ1) is 11.4.